The molecule has 2 heterocycles. The fourth-order valence-electron chi connectivity index (χ4n) is 4.32. The van der Waals surface area contributed by atoms with Crippen LogP contribution in [0.2, 0.25) is 0 Å². The van der Waals surface area contributed by atoms with E-state index in [1.807, 2.05) is 26.8 Å². The molecule has 2 atom stereocenters. The smallest absolute Gasteiger partial charge is 0.250 e. The first-order chi connectivity index (χ1) is 15.6. The molecule has 33 heavy (non-hydrogen) atoms. The van der Waals surface area contributed by atoms with E-state index in [0.717, 1.165) is 29.7 Å². The first kappa shape index (κ1) is 24.7. The van der Waals surface area contributed by atoms with E-state index in [0.29, 0.717) is 30.8 Å². The molecule has 2 aromatic heterocycles. The minimum absolute atomic E-state index is 0.00517. The van der Waals surface area contributed by atoms with Crippen molar-refractivity contribution in [3.8, 4) is 17.0 Å². The molecule has 0 aromatic carbocycles. The Morgan fingerprint density at radius 1 is 1.24 bits per heavy atom. The molecular formula is C28H37N3O2. The Hall–Kier alpha value is -2.95. The third kappa shape index (κ3) is 5.35. The summed E-state index contributed by atoms with van der Waals surface area (Å²) in [6.45, 7) is 19.9. The summed E-state index contributed by atoms with van der Waals surface area (Å²) in [5, 5.41) is 0. The highest BCUT2D eigenvalue weighted by Crippen LogP contribution is 2.58. The van der Waals surface area contributed by atoms with Gasteiger partial charge in [0, 0.05) is 35.5 Å². The van der Waals surface area contributed by atoms with Crippen LogP contribution in [0.1, 0.15) is 59.0 Å². The van der Waals surface area contributed by atoms with Crippen LogP contribution in [-0.2, 0) is 6.54 Å². The number of aryl methyl sites for hydroxylation is 1. The highest BCUT2D eigenvalue weighted by atomic mass is 16.5. The Bertz CT molecular complexity index is 1170. The lowest BCUT2D eigenvalue weighted by atomic mass is 9.94. The van der Waals surface area contributed by atoms with Crippen LogP contribution in [0.3, 0.4) is 0 Å². The number of allylic oxidation sites excluding steroid dienone is 5. The monoisotopic (exact) mass is 447 g/mol. The van der Waals surface area contributed by atoms with Gasteiger partial charge in [-0.25, -0.2) is 4.98 Å². The predicted molar refractivity (Wildman–Crippen MR) is 136 cm³/mol. The summed E-state index contributed by atoms with van der Waals surface area (Å²) in [6.07, 6.45) is 8.21. The molecule has 3 rings (SSSR count). The van der Waals surface area contributed by atoms with Crippen LogP contribution in [0.15, 0.2) is 58.6 Å². The van der Waals surface area contributed by atoms with Gasteiger partial charge in [0.15, 0.2) is 0 Å². The molecule has 0 amide bonds. The van der Waals surface area contributed by atoms with Crippen molar-refractivity contribution in [2.75, 3.05) is 6.61 Å². The van der Waals surface area contributed by atoms with Crippen LogP contribution in [0.25, 0.3) is 11.1 Å². The summed E-state index contributed by atoms with van der Waals surface area (Å²) in [4.78, 5) is 21.2. The Morgan fingerprint density at radius 3 is 2.61 bits per heavy atom. The molecule has 5 heteroatoms. The van der Waals surface area contributed by atoms with Gasteiger partial charge < -0.3 is 9.30 Å². The summed E-state index contributed by atoms with van der Waals surface area (Å²) in [5.74, 6) is 1.66. The van der Waals surface area contributed by atoms with Crippen LogP contribution in [0.5, 0.6) is 5.88 Å². The topological polar surface area (TPSA) is 57.0 Å². The van der Waals surface area contributed by atoms with Crippen LogP contribution in [-0.4, -0.2) is 21.1 Å². The molecule has 0 bridgehead atoms. The van der Waals surface area contributed by atoms with Crippen molar-refractivity contribution < 1.29 is 4.74 Å². The van der Waals surface area contributed by atoms with Gasteiger partial charge in [-0.2, -0.15) is 4.98 Å². The molecule has 0 saturated heterocycles. The lowest BCUT2D eigenvalue weighted by Crippen LogP contribution is -2.21. The van der Waals surface area contributed by atoms with Crippen molar-refractivity contribution >= 4 is 0 Å². The van der Waals surface area contributed by atoms with Gasteiger partial charge in [-0.1, -0.05) is 43.7 Å². The highest BCUT2D eigenvalue weighted by Gasteiger charge is 2.52. The van der Waals surface area contributed by atoms with Gasteiger partial charge in [0.05, 0.1) is 12.2 Å². The maximum Gasteiger partial charge on any atom is 0.250 e. The van der Waals surface area contributed by atoms with Crippen LogP contribution < -0.4 is 10.3 Å². The highest BCUT2D eigenvalue weighted by molar-refractivity contribution is 5.69. The Labute approximate surface area is 197 Å². The minimum Gasteiger partial charge on any atom is -0.477 e. The van der Waals surface area contributed by atoms with Crippen molar-refractivity contribution in [2.24, 2.45) is 11.3 Å². The maximum absolute atomic E-state index is 12.2. The molecule has 2 unspecified atom stereocenters. The molecule has 2 aromatic rings. The SMILES string of the molecule is C=C(CC)C(=CC=C(C)C)C1CC1(C)COc1nc(C)ncc1-c1ccc(=O)n(CC)c1C. The molecule has 1 fully saturated rings. The lowest BCUT2D eigenvalue weighted by molar-refractivity contribution is 0.231. The van der Waals surface area contributed by atoms with E-state index >= 15 is 0 Å². The van der Waals surface area contributed by atoms with E-state index in [1.165, 1.54) is 16.7 Å². The third-order valence-corrected chi connectivity index (χ3v) is 6.63. The van der Waals surface area contributed by atoms with Gasteiger partial charge in [0.1, 0.15) is 5.82 Å². The molecule has 176 valence electrons. The second kappa shape index (κ2) is 9.90. The predicted octanol–water partition coefficient (Wildman–Crippen LogP) is 6.21. The van der Waals surface area contributed by atoms with Gasteiger partial charge in [0.2, 0.25) is 5.88 Å². The quantitative estimate of drug-likeness (QED) is 0.429. The first-order valence-electron chi connectivity index (χ1n) is 11.8. The third-order valence-electron chi connectivity index (χ3n) is 6.63. The summed E-state index contributed by atoms with van der Waals surface area (Å²) in [7, 11) is 0. The number of ether oxygens (including phenoxy) is 1. The first-order valence-corrected chi connectivity index (χ1v) is 11.8. The zero-order valence-corrected chi connectivity index (χ0v) is 21.2. The van der Waals surface area contributed by atoms with Crippen molar-refractivity contribution in [3.63, 3.8) is 0 Å². The average molecular weight is 448 g/mol. The van der Waals surface area contributed by atoms with Gasteiger partial charge in [0.25, 0.3) is 5.56 Å². The second-order valence-corrected chi connectivity index (χ2v) is 9.57. The van der Waals surface area contributed by atoms with E-state index in [-0.39, 0.29) is 11.0 Å². The molecule has 1 saturated carbocycles. The van der Waals surface area contributed by atoms with Gasteiger partial charge in [-0.05, 0) is 65.0 Å². The van der Waals surface area contributed by atoms with Crippen LogP contribution in [0, 0.1) is 25.2 Å². The standard InChI is InChI=1S/C28H37N3O2/c1-9-19(5)22(12-11-18(3)4)25-15-28(25,8)17-33-27-24(16-29-21(7)30-27)23-13-14-26(32)31(10-2)20(23)6/h11-14,16,25H,5,9-10,15,17H2,1-4,6-8H3. The number of rotatable bonds is 9. The fraction of sp³-hybridized carbons (Fsp3) is 0.464. The molecule has 0 aliphatic heterocycles. The normalized spacial score (nSPS) is 19.8. The molecule has 0 radical (unpaired) electrons. The Kier molecular flexibility index (Phi) is 7.41. The number of hydrogen-bond acceptors (Lipinski definition) is 4. The molecule has 0 N–H and O–H groups in total. The van der Waals surface area contributed by atoms with Gasteiger partial charge >= 0.3 is 0 Å². The Balaban J connectivity index is 1.88. The summed E-state index contributed by atoms with van der Waals surface area (Å²) in [6, 6.07) is 3.45. The van der Waals surface area contributed by atoms with Crippen molar-refractivity contribution in [3.05, 3.63) is 75.7 Å². The summed E-state index contributed by atoms with van der Waals surface area (Å²) < 4.78 is 8.12. The molecule has 1 aliphatic rings. The molecule has 5 nitrogen and oxygen atoms in total. The van der Waals surface area contributed by atoms with Gasteiger partial charge in [-0.15, -0.1) is 0 Å². The van der Waals surface area contributed by atoms with E-state index in [1.54, 1.807) is 16.8 Å². The summed E-state index contributed by atoms with van der Waals surface area (Å²) >= 11 is 0. The molecule has 0 spiro atoms. The fourth-order valence-corrected chi connectivity index (χ4v) is 4.32. The zero-order valence-electron chi connectivity index (χ0n) is 21.2. The Morgan fingerprint density at radius 2 is 1.97 bits per heavy atom. The number of hydrogen-bond donors (Lipinski definition) is 0. The van der Waals surface area contributed by atoms with E-state index in [9.17, 15) is 4.79 Å². The van der Waals surface area contributed by atoms with E-state index in [2.05, 4.69) is 56.4 Å². The largest absolute Gasteiger partial charge is 0.477 e. The number of nitrogens with zero attached hydrogens (tertiary/aromatic N) is 3. The maximum atomic E-state index is 12.2. The minimum atomic E-state index is -0.00517. The molecular weight excluding hydrogens is 410 g/mol. The number of aromatic nitrogens is 3. The van der Waals surface area contributed by atoms with Crippen LogP contribution in [0.4, 0.5) is 0 Å². The second-order valence-electron chi connectivity index (χ2n) is 9.57. The van der Waals surface area contributed by atoms with Crippen LogP contribution >= 0.6 is 0 Å². The van der Waals surface area contributed by atoms with Crippen molar-refractivity contribution in [1.29, 1.82) is 0 Å². The van der Waals surface area contributed by atoms with E-state index < -0.39 is 0 Å². The zero-order chi connectivity index (χ0) is 24.3. The van der Waals surface area contributed by atoms with Gasteiger partial charge in [-0.3, -0.25) is 4.79 Å². The molecule has 1 aliphatic carbocycles. The van der Waals surface area contributed by atoms with E-state index in [4.69, 9.17) is 4.74 Å². The summed E-state index contributed by atoms with van der Waals surface area (Å²) in [5.41, 5.74) is 6.46. The van der Waals surface area contributed by atoms with Crippen molar-refractivity contribution in [1.82, 2.24) is 14.5 Å². The lowest BCUT2D eigenvalue weighted by Gasteiger charge is -2.18. The van der Waals surface area contributed by atoms with Crippen molar-refractivity contribution in [2.45, 2.75) is 67.9 Å². The number of pyridine rings is 1. The average Bonchev–Trinajstić information content (AvgIpc) is 3.44.